The van der Waals surface area contributed by atoms with Crippen molar-refractivity contribution in [2.24, 2.45) is 0 Å². The summed E-state index contributed by atoms with van der Waals surface area (Å²) in [6.45, 7) is 2.14. The Morgan fingerprint density at radius 3 is 2.80 bits per heavy atom. The van der Waals surface area contributed by atoms with Crippen molar-refractivity contribution < 1.29 is 8.78 Å². The number of pyridine rings is 1. The second-order valence-electron chi connectivity index (χ2n) is 6.60. The number of halogens is 2. The van der Waals surface area contributed by atoms with Gasteiger partial charge in [0.2, 0.25) is 0 Å². The van der Waals surface area contributed by atoms with Crippen LogP contribution in [0.15, 0.2) is 53.0 Å². The van der Waals surface area contributed by atoms with Gasteiger partial charge in [-0.05, 0) is 36.1 Å². The number of fused-ring (bicyclic) bond motifs is 1. The normalized spacial score (nSPS) is 11.9. The molecule has 3 aromatic heterocycles. The van der Waals surface area contributed by atoms with Crippen LogP contribution in [-0.2, 0) is 6.54 Å². The van der Waals surface area contributed by atoms with Crippen LogP contribution in [0.2, 0.25) is 0 Å². The first-order valence-corrected chi connectivity index (χ1v) is 9.88. The number of hydrogen-bond donors (Lipinski definition) is 1. The first kappa shape index (κ1) is 19.7. The van der Waals surface area contributed by atoms with E-state index in [2.05, 4.69) is 15.3 Å². The molecule has 0 bridgehead atoms. The summed E-state index contributed by atoms with van der Waals surface area (Å²) >= 11 is 1.56. The molecule has 30 heavy (non-hydrogen) atoms. The number of nitrogens with one attached hydrogen (secondary N) is 1. The Balaban J connectivity index is 1.83. The Hall–Kier alpha value is -3.64. The maximum atomic E-state index is 13.7. The first-order chi connectivity index (χ1) is 14.5. The first-order valence-electron chi connectivity index (χ1n) is 9.00. The van der Waals surface area contributed by atoms with E-state index in [9.17, 15) is 18.8 Å². The minimum absolute atomic E-state index is 0.169. The summed E-state index contributed by atoms with van der Waals surface area (Å²) in [5.74, 6) is -1.65. The molecule has 0 aliphatic carbocycles. The van der Waals surface area contributed by atoms with E-state index in [1.807, 2.05) is 23.6 Å². The summed E-state index contributed by atoms with van der Waals surface area (Å²) in [7, 11) is 0. The molecule has 1 aromatic carbocycles. The van der Waals surface area contributed by atoms with Crippen LogP contribution in [0.3, 0.4) is 0 Å². The van der Waals surface area contributed by atoms with Gasteiger partial charge in [-0.15, -0.1) is 11.3 Å². The molecule has 0 amide bonds. The van der Waals surface area contributed by atoms with Crippen molar-refractivity contribution in [3.8, 4) is 6.07 Å². The number of benzene rings is 1. The molecule has 4 aromatic rings. The fraction of sp³-hybridized carbons (Fsp3) is 0.143. The molecular formula is C21H15F2N5OS. The molecule has 9 heteroatoms. The lowest BCUT2D eigenvalue weighted by atomic mass is 10.1. The number of nitrogens with zero attached hydrogens (tertiary/aromatic N) is 4. The molecular weight excluding hydrogens is 408 g/mol. The maximum Gasteiger partial charge on any atom is 0.265 e. The Morgan fingerprint density at radius 1 is 1.27 bits per heavy atom. The standard InChI is InChI=1S/C21H15F2N5OS/c1-12(13-4-5-16(22)17(23)7-13)28-11-27-19-14(8-24)9-25-20(18(19)21(28)29)26-10-15-3-2-6-30-15/h2-7,9,11-12H,10H2,1H3,(H,25,26)/t12-/m0/s1. The number of anilines is 1. The van der Waals surface area contributed by atoms with Gasteiger partial charge in [-0.3, -0.25) is 9.36 Å². The van der Waals surface area contributed by atoms with Gasteiger partial charge >= 0.3 is 0 Å². The van der Waals surface area contributed by atoms with Crippen LogP contribution >= 0.6 is 11.3 Å². The third-order valence-corrected chi connectivity index (χ3v) is 5.66. The van der Waals surface area contributed by atoms with E-state index in [4.69, 9.17) is 0 Å². The molecule has 0 aliphatic rings. The molecule has 0 spiro atoms. The van der Waals surface area contributed by atoms with E-state index >= 15 is 0 Å². The van der Waals surface area contributed by atoms with Crippen molar-refractivity contribution >= 4 is 28.1 Å². The van der Waals surface area contributed by atoms with Crippen LogP contribution in [0.1, 0.15) is 29.0 Å². The molecule has 0 radical (unpaired) electrons. The summed E-state index contributed by atoms with van der Waals surface area (Å²) in [5.41, 5.74) is 0.390. The third kappa shape index (κ3) is 3.53. The van der Waals surface area contributed by atoms with Gasteiger partial charge in [0, 0.05) is 11.1 Å². The molecule has 150 valence electrons. The van der Waals surface area contributed by atoms with Crippen molar-refractivity contribution in [2.45, 2.75) is 19.5 Å². The minimum atomic E-state index is -0.993. The van der Waals surface area contributed by atoms with Crippen LogP contribution < -0.4 is 10.9 Å². The summed E-state index contributed by atoms with van der Waals surface area (Å²) in [6, 6.07) is 8.74. The van der Waals surface area contributed by atoms with Crippen molar-refractivity contribution in [3.05, 3.63) is 86.2 Å². The van der Waals surface area contributed by atoms with Gasteiger partial charge in [-0.2, -0.15) is 5.26 Å². The van der Waals surface area contributed by atoms with Crippen LogP contribution in [0.5, 0.6) is 0 Å². The van der Waals surface area contributed by atoms with E-state index in [1.165, 1.54) is 23.2 Å². The van der Waals surface area contributed by atoms with Gasteiger partial charge in [0.05, 0.1) is 24.5 Å². The minimum Gasteiger partial charge on any atom is -0.364 e. The van der Waals surface area contributed by atoms with Crippen molar-refractivity contribution in [1.82, 2.24) is 14.5 Å². The summed E-state index contributed by atoms with van der Waals surface area (Å²) < 4.78 is 28.3. The highest BCUT2D eigenvalue weighted by Gasteiger charge is 2.18. The smallest absolute Gasteiger partial charge is 0.265 e. The van der Waals surface area contributed by atoms with Gasteiger partial charge in [-0.1, -0.05) is 12.1 Å². The third-order valence-electron chi connectivity index (χ3n) is 4.79. The SMILES string of the molecule is C[C@@H](c1ccc(F)c(F)c1)n1cnc2c(C#N)cnc(NCc3cccs3)c2c1=O. The Bertz CT molecular complexity index is 1330. The lowest BCUT2D eigenvalue weighted by Crippen LogP contribution is -2.26. The molecule has 0 unspecified atom stereocenters. The zero-order valence-electron chi connectivity index (χ0n) is 15.8. The molecule has 1 atom stereocenters. The number of thiophene rings is 1. The summed E-state index contributed by atoms with van der Waals surface area (Å²) in [6.07, 6.45) is 2.68. The number of rotatable bonds is 5. The number of nitriles is 1. The van der Waals surface area contributed by atoms with Crippen molar-refractivity contribution in [1.29, 1.82) is 5.26 Å². The number of hydrogen-bond acceptors (Lipinski definition) is 6. The predicted molar refractivity (Wildman–Crippen MR) is 110 cm³/mol. The van der Waals surface area contributed by atoms with Crippen LogP contribution in [0, 0.1) is 23.0 Å². The van der Waals surface area contributed by atoms with E-state index in [0.717, 1.165) is 17.0 Å². The lowest BCUT2D eigenvalue weighted by Gasteiger charge is -2.17. The molecule has 0 fully saturated rings. The van der Waals surface area contributed by atoms with Crippen molar-refractivity contribution in [3.63, 3.8) is 0 Å². The highest BCUT2D eigenvalue weighted by molar-refractivity contribution is 7.09. The Morgan fingerprint density at radius 2 is 2.10 bits per heavy atom. The van der Waals surface area contributed by atoms with Gasteiger partial charge in [0.1, 0.15) is 22.8 Å². The quantitative estimate of drug-likeness (QED) is 0.520. The van der Waals surface area contributed by atoms with Gasteiger partial charge in [-0.25, -0.2) is 18.7 Å². The Kier molecular flexibility index (Phi) is 5.25. The van der Waals surface area contributed by atoms with Crippen molar-refractivity contribution in [2.75, 3.05) is 5.32 Å². The lowest BCUT2D eigenvalue weighted by molar-refractivity contribution is 0.502. The summed E-state index contributed by atoms with van der Waals surface area (Å²) in [4.78, 5) is 22.9. The van der Waals surface area contributed by atoms with E-state index in [0.29, 0.717) is 17.9 Å². The fourth-order valence-corrected chi connectivity index (χ4v) is 3.79. The van der Waals surface area contributed by atoms with E-state index in [1.54, 1.807) is 18.3 Å². The molecule has 1 N–H and O–H groups in total. The van der Waals surface area contributed by atoms with Crippen LogP contribution in [0.4, 0.5) is 14.6 Å². The average molecular weight is 423 g/mol. The second kappa shape index (κ2) is 8.00. The molecule has 3 heterocycles. The van der Waals surface area contributed by atoms with E-state index < -0.39 is 23.2 Å². The average Bonchev–Trinajstić information content (AvgIpc) is 3.27. The van der Waals surface area contributed by atoms with Crippen LogP contribution in [0.25, 0.3) is 10.9 Å². The molecule has 6 nitrogen and oxygen atoms in total. The maximum absolute atomic E-state index is 13.7. The zero-order valence-corrected chi connectivity index (χ0v) is 16.6. The fourth-order valence-electron chi connectivity index (χ4n) is 3.15. The molecule has 4 rings (SSSR count). The monoisotopic (exact) mass is 423 g/mol. The topological polar surface area (TPSA) is 83.6 Å². The van der Waals surface area contributed by atoms with Gasteiger partial charge < -0.3 is 5.32 Å². The largest absolute Gasteiger partial charge is 0.364 e. The van der Waals surface area contributed by atoms with Gasteiger partial charge in [0.15, 0.2) is 11.6 Å². The van der Waals surface area contributed by atoms with Gasteiger partial charge in [0.25, 0.3) is 5.56 Å². The van der Waals surface area contributed by atoms with Crippen LogP contribution in [-0.4, -0.2) is 14.5 Å². The molecule has 0 aliphatic heterocycles. The van der Waals surface area contributed by atoms with E-state index in [-0.39, 0.29) is 16.5 Å². The molecule has 0 saturated carbocycles. The highest BCUT2D eigenvalue weighted by Crippen LogP contribution is 2.23. The predicted octanol–water partition coefficient (Wildman–Crippen LogP) is 4.22. The highest BCUT2D eigenvalue weighted by atomic mass is 32.1. The second-order valence-corrected chi connectivity index (χ2v) is 7.63. The Labute approximate surface area is 174 Å². The number of aromatic nitrogens is 3. The molecule has 0 saturated heterocycles. The summed E-state index contributed by atoms with van der Waals surface area (Å²) in [5, 5.41) is 14.6. The zero-order chi connectivity index (χ0) is 21.3.